The first-order chi connectivity index (χ1) is 9.74. The molecule has 0 fully saturated rings. The van der Waals surface area contributed by atoms with Crippen LogP contribution in [0.1, 0.15) is 27.0 Å². The zero-order valence-corrected chi connectivity index (χ0v) is 12.2. The van der Waals surface area contributed by atoms with Crippen LogP contribution in [0.2, 0.25) is 0 Å². The largest absolute Gasteiger partial charge is 0.488 e. The van der Waals surface area contributed by atoms with Gasteiger partial charge in [-0.1, -0.05) is 53.7 Å². The molecule has 0 N–H and O–H groups in total. The third-order valence-electron chi connectivity index (χ3n) is 3.40. The Morgan fingerprint density at radius 2 is 2.05 bits per heavy atom. The first-order valence-electron chi connectivity index (χ1n) is 6.71. The normalized spacial score (nSPS) is 13.9. The lowest BCUT2D eigenvalue weighted by Gasteiger charge is -2.18. The van der Waals surface area contributed by atoms with Gasteiger partial charge in [-0.05, 0) is 30.5 Å². The Hall–Kier alpha value is -1.74. The number of benzene rings is 2. The fourth-order valence-corrected chi connectivity index (χ4v) is 3.31. The van der Waals surface area contributed by atoms with Crippen LogP contribution in [-0.2, 0) is 13.0 Å². The number of hydrogen-bond donors (Lipinski definition) is 0. The number of thioether (sulfide) groups is 1. The summed E-state index contributed by atoms with van der Waals surface area (Å²) in [5.41, 5.74) is 4.21. The number of rotatable bonds is 3. The highest BCUT2D eigenvalue weighted by Gasteiger charge is 2.22. The van der Waals surface area contributed by atoms with E-state index in [-0.39, 0.29) is 5.12 Å². The van der Waals surface area contributed by atoms with Crippen molar-refractivity contribution >= 4 is 16.9 Å². The van der Waals surface area contributed by atoms with Crippen molar-refractivity contribution in [3.05, 3.63) is 64.7 Å². The van der Waals surface area contributed by atoms with E-state index in [0.717, 1.165) is 28.9 Å². The fourth-order valence-electron chi connectivity index (χ4n) is 2.43. The smallest absolute Gasteiger partial charge is 0.223 e. The Kier molecular flexibility index (Phi) is 3.79. The van der Waals surface area contributed by atoms with E-state index in [4.69, 9.17) is 4.74 Å². The standard InChI is InChI=1S/C17H16O2S/c1-12-4-2-5-13(10-12)11-19-15-7-3-6-14-8-9-20-17(18)16(14)15/h2-7,10H,8-9,11H2,1H3. The van der Waals surface area contributed by atoms with Crippen molar-refractivity contribution in [3.63, 3.8) is 0 Å². The van der Waals surface area contributed by atoms with Crippen LogP contribution in [0, 0.1) is 6.92 Å². The maximum absolute atomic E-state index is 12.1. The molecule has 102 valence electrons. The zero-order valence-electron chi connectivity index (χ0n) is 11.4. The first kappa shape index (κ1) is 13.3. The van der Waals surface area contributed by atoms with Gasteiger partial charge in [0.1, 0.15) is 12.4 Å². The van der Waals surface area contributed by atoms with E-state index in [1.807, 2.05) is 30.3 Å². The van der Waals surface area contributed by atoms with E-state index < -0.39 is 0 Å². The van der Waals surface area contributed by atoms with Gasteiger partial charge in [0.2, 0.25) is 5.12 Å². The molecule has 1 heterocycles. The molecular formula is C17H16O2S. The summed E-state index contributed by atoms with van der Waals surface area (Å²) in [4.78, 5) is 12.1. The molecule has 0 saturated heterocycles. The second kappa shape index (κ2) is 5.71. The van der Waals surface area contributed by atoms with Gasteiger partial charge < -0.3 is 4.74 Å². The Labute approximate surface area is 123 Å². The molecule has 2 aromatic carbocycles. The van der Waals surface area contributed by atoms with Gasteiger partial charge in [0, 0.05) is 5.75 Å². The molecule has 2 nitrogen and oxygen atoms in total. The summed E-state index contributed by atoms with van der Waals surface area (Å²) in [6.07, 6.45) is 0.938. The van der Waals surface area contributed by atoms with Gasteiger partial charge in [-0.2, -0.15) is 0 Å². The van der Waals surface area contributed by atoms with Gasteiger partial charge in [0.05, 0.1) is 5.56 Å². The zero-order chi connectivity index (χ0) is 13.9. The molecule has 0 amide bonds. The van der Waals surface area contributed by atoms with Crippen molar-refractivity contribution in [2.24, 2.45) is 0 Å². The lowest BCUT2D eigenvalue weighted by Crippen LogP contribution is -2.11. The van der Waals surface area contributed by atoms with E-state index >= 15 is 0 Å². The number of fused-ring (bicyclic) bond motifs is 1. The molecule has 3 heteroatoms. The average Bonchev–Trinajstić information content (AvgIpc) is 2.45. The maximum Gasteiger partial charge on any atom is 0.223 e. The van der Waals surface area contributed by atoms with Crippen molar-refractivity contribution in [2.45, 2.75) is 20.0 Å². The molecule has 2 aromatic rings. The fraction of sp³-hybridized carbons (Fsp3) is 0.235. The predicted molar refractivity (Wildman–Crippen MR) is 82.4 cm³/mol. The van der Waals surface area contributed by atoms with E-state index in [2.05, 4.69) is 19.1 Å². The summed E-state index contributed by atoms with van der Waals surface area (Å²) in [6.45, 7) is 2.56. The van der Waals surface area contributed by atoms with Crippen molar-refractivity contribution in [3.8, 4) is 5.75 Å². The quantitative estimate of drug-likeness (QED) is 0.852. The molecular weight excluding hydrogens is 268 g/mol. The van der Waals surface area contributed by atoms with Crippen molar-refractivity contribution in [2.75, 3.05) is 5.75 Å². The lowest BCUT2D eigenvalue weighted by molar-refractivity contribution is 0.108. The van der Waals surface area contributed by atoms with E-state index in [9.17, 15) is 4.79 Å². The van der Waals surface area contributed by atoms with E-state index in [0.29, 0.717) is 12.4 Å². The molecule has 1 aliphatic heterocycles. The average molecular weight is 284 g/mol. The number of carbonyl (C=O) groups is 1. The van der Waals surface area contributed by atoms with Gasteiger partial charge in [0.15, 0.2) is 0 Å². The van der Waals surface area contributed by atoms with Gasteiger partial charge in [-0.25, -0.2) is 0 Å². The molecule has 0 unspecified atom stereocenters. The third-order valence-corrected chi connectivity index (χ3v) is 4.27. The molecule has 20 heavy (non-hydrogen) atoms. The predicted octanol–water partition coefficient (Wildman–Crippen LogP) is 4.00. The minimum Gasteiger partial charge on any atom is -0.488 e. The Bertz CT molecular complexity index is 649. The minimum absolute atomic E-state index is 0.131. The molecule has 0 aliphatic carbocycles. The minimum atomic E-state index is 0.131. The highest BCUT2D eigenvalue weighted by molar-refractivity contribution is 8.14. The van der Waals surface area contributed by atoms with Crippen LogP contribution >= 0.6 is 11.8 Å². The van der Waals surface area contributed by atoms with Crippen LogP contribution in [0.3, 0.4) is 0 Å². The van der Waals surface area contributed by atoms with Crippen LogP contribution in [0.5, 0.6) is 5.75 Å². The van der Waals surface area contributed by atoms with Crippen molar-refractivity contribution in [1.29, 1.82) is 0 Å². The highest BCUT2D eigenvalue weighted by Crippen LogP contribution is 2.32. The molecule has 0 bridgehead atoms. The molecule has 0 saturated carbocycles. The van der Waals surface area contributed by atoms with Gasteiger partial charge in [-0.3, -0.25) is 4.79 Å². The summed E-state index contributed by atoms with van der Waals surface area (Å²) in [7, 11) is 0. The summed E-state index contributed by atoms with van der Waals surface area (Å²) in [6, 6.07) is 14.1. The molecule has 0 atom stereocenters. The van der Waals surface area contributed by atoms with Crippen LogP contribution in [0.25, 0.3) is 0 Å². The Balaban J connectivity index is 1.83. The monoisotopic (exact) mass is 284 g/mol. The van der Waals surface area contributed by atoms with Gasteiger partial charge >= 0.3 is 0 Å². The molecule has 3 rings (SSSR count). The molecule has 0 aromatic heterocycles. The highest BCUT2D eigenvalue weighted by atomic mass is 32.2. The van der Waals surface area contributed by atoms with Crippen LogP contribution < -0.4 is 4.74 Å². The second-order valence-corrected chi connectivity index (χ2v) is 6.02. The Morgan fingerprint density at radius 3 is 2.90 bits per heavy atom. The lowest BCUT2D eigenvalue weighted by atomic mass is 10.0. The maximum atomic E-state index is 12.1. The van der Waals surface area contributed by atoms with Crippen LogP contribution in [0.4, 0.5) is 0 Å². The van der Waals surface area contributed by atoms with Crippen molar-refractivity contribution in [1.82, 2.24) is 0 Å². The molecule has 1 aliphatic rings. The second-order valence-electron chi connectivity index (χ2n) is 4.95. The SMILES string of the molecule is Cc1cccc(COc2cccc3c2C(=O)SCC3)c1. The number of carbonyl (C=O) groups excluding carboxylic acids is 1. The van der Waals surface area contributed by atoms with Crippen molar-refractivity contribution < 1.29 is 9.53 Å². The molecule has 0 radical (unpaired) electrons. The summed E-state index contributed by atoms with van der Waals surface area (Å²) >= 11 is 1.38. The van der Waals surface area contributed by atoms with Gasteiger partial charge in [0.25, 0.3) is 0 Å². The molecule has 0 spiro atoms. The summed E-state index contributed by atoms with van der Waals surface area (Å²) < 4.78 is 5.88. The van der Waals surface area contributed by atoms with E-state index in [1.54, 1.807) is 0 Å². The first-order valence-corrected chi connectivity index (χ1v) is 7.70. The Morgan fingerprint density at radius 1 is 1.20 bits per heavy atom. The third kappa shape index (κ3) is 2.73. The summed E-state index contributed by atoms with van der Waals surface area (Å²) in [5.74, 6) is 1.58. The van der Waals surface area contributed by atoms with E-state index in [1.165, 1.54) is 17.3 Å². The van der Waals surface area contributed by atoms with Crippen LogP contribution in [0.15, 0.2) is 42.5 Å². The topological polar surface area (TPSA) is 26.3 Å². The van der Waals surface area contributed by atoms with Crippen LogP contribution in [-0.4, -0.2) is 10.9 Å². The van der Waals surface area contributed by atoms with Gasteiger partial charge in [-0.15, -0.1) is 0 Å². The number of ether oxygens (including phenoxy) is 1. The number of aryl methyl sites for hydroxylation is 2. The summed E-state index contributed by atoms with van der Waals surface area (Å²) in [5, 5.41) is 0.131. The number of hydrogen-bond acceptors (Lipinski definition) is 3.